The van der Waals surface area contributed by atoms with Crippen LogP contribution in [0, 0.1) is 5.92 Å². The predicted octanol–water partition coefficient (Wildman–Crippen LogP) is 2.33. The third-order valence-electron chi connectivity index (χ3n) is 5.62. The van der Waals surface area contributed by atoms with Gasteiger partial charge in [0.2, 0.25) is 5.91 Å². The van der Waals surface area contributed by atoms with Crippen LogP contribution in [-0.4, -0.2) is 42.6 Å². The number of hydrazine groups is 1. The van der Waals surface area contributed by atoms with E-state index in [1.54, 1.807) is 5.01 Å². The van der Waals surface area contributed by atoms with Crippen LogP contribution in [0.1, 0.15) is 44.2 Å². The summed E-state index contributed by atoms with van der Waals surface area (Å²) < 4.78 is 0. The van der Waals surface area contributed by atoms with Crippen molar-refractivity contribution in [1.29, 1.82) is 0 Å². The first-order valence-corrected chi connectivity index (χ1v) is 9.49. The zero-order valence-electron chi connectivity index (χ0n) is 15.3. The normalized spacial score (nSPS) is 26.6. The summed E-state index contributed by atoms with van der Waals surface area (Å²) in [7, 11) is 0. The summed E-state index contributed by atoms with van der Waals surface area (Å²) in [5.41, 5.74) is 8.57. The van der Waals surface area contributed by atoms with E-state index in [0.29, 0.717) is 12.0 Å². The second kappa shape index (κ2) is 6.46. The molecule has 5 heteroatoms. The van der Waals surface area contributed by atoms with Crippen molar-refractivity contribution in [2.45, 2.75) is 45.2 Å². The summed E-state index contributed by atoms with van der Waals surface area (Å²) in [4.78, 5) is 13.0. The number of carbonyl (C=O) groups is 1. The molecule has 0 aromatic heterocycles. The minimum absolute atomic E-state index is 0.116. The summed E-state index contributed by atoms with van der Waals surface area (Å²) in [5, 5.41) is 8.96. The molecule has 5 nitrogen and oxygen atoms in total. The highest BCUT2D eigenvalue weighted by molar-refractivity contribution is 5.87. The van der Waals surface area contributed by atoms with Gasteiger partial charge in [-0.25, -0.2) is 5.43 Å². The molecule has 2 heterocycles. The van der Waals surface area contributed by atoms with E-state index < -0.39 is 0 Å². The molecule has 1 aromatic carbocycles. The maximum atomic E-state index is 13.0. The lowest BCUT2D eigenvalue weighted by atomic mass is 9.75. The fourth-order valence-electron chi connectivity index (χ4n) is 4.51. The Morgan fingerprint density at radius 3 is 2.96 bits per heavy atom. The van der Waals surface area contributed by atoms with Gasteiger partial charge < -0.3 is 10.6 Å². The molecule has 4 rings (SSSR count). The molecule has 3 aliphatic rings. The number of fused-ring (bicyclic) bond motifs is 2. The van der Waals surface area contributed by atoms with Gasteiger partial charge in [0.05, 0.1) is 5.92 Å². The Kier molecular flexibility index (Phi) is 4.29. The molecule has 0 bridgehead atoms. The predicted molar refractivity (Wildman–Crippen MR) is 101 cm³/mol. The molecule has 1 aromatic rings. The number of rotatable bonds is 4. The molecule has 0 saturated heterocycles. The molecule has 134 valence electrons. The summed E-state index contributed by atoms with van der Waals surface area (Å²) in [5.74, 6) is 0.625. The van der Waals surface area contributed by atoms with Crippen molar-refractivity contribution in [3.63, 3.8) is 0 Å². The lowest BCUT2D eigenvalue weighted by Crippen LogP contribution is -2.53. The second-order valence-corrected chi connectivity index (χ2v) is 7.58. The lowest BCUT2D eigenvalue weighted by Gasteiger charge is -2.38. The number of anilines is 1. The number of hydrogen-bond acceptors (Lipinski definition) is 4. The van der Waals surface area contributed by atoms with Crippen LogP contribution < -0.4 is 16.1 Å². The molecule has 0 fully saturated rings. The fraction of sp³-hybridized carbons (Fsp3) is 0.550. The SMILES string of the molecule is CCNN(C(=O)[C@@H]1C=C2c3cccc4c3C(CN4)C[C@H]2NC1)C(C)C. The first-order chi connectivity index (χ1) is 12.1. The van der Waals surface area contributed by atoms with Crippen molar-refractivity contribution in [2.75, 3.05) is 25.0 Å². The van der Waals surface area contributed by atoms with Gasteiger partial charge in [0, 0.05) is 43.3 Å². The number of carbonyl (C=O) groups excluding carboxylic acids is 1. The van der Waals surface area contributed by atoms with Crippen LogP contribution in [0.4, 0.5) is 5.69 Å². The van der Waals surface area contributed by atoms with Crippen molar-refractivity contribution < 1.29 is 4.79 Å². The van der Waals surface area contributed by atoms with Crippen LogP contribution in [0.15, 0.2) is 24.3 Å². The first kappa shape index (κ1) is 16.6. The molecular formula is C20H28N4O. The lowest BCUT2D eigenvalue weighted by molar-refractivity contribution is -0.139. The van der Waals surface area contributed by atoms with E-state index in [1.807, 2.05) is 20.8 Å². The van der Waals surface area contributed by atoms with Gasteiger partial charge in [0.1, 0.15) is 0 Å². The van der Waals surface area contributed by atoms with Gasteiger partial charge >= 0.3 is 0 Å². The molecular weight excluding hydrogens is 312 g/mol. The van der Waals surface area contributed by atoms with Crippen LogP contribution in [-0.2, 0) is 4.79 Å². The zero-order valence-corrected chi connectivity index (χ0v) is 15.3. The van der Waals surface area contributed by atoms with Gasteiger partial charge in [-0.3, -0.25) is 9.80 Å². The van der Waals surface area contributed by atoms with Crippen LogP contribution in [0.3, 0.4) is 0 Å². The standard InChI is InChI=1S/C20H28N4O/c1-4-23-24(12(2)3)20(25)14-8-16-15-6-5-7-17-19(15)13(10-21-17)9-18(16)22-11-14/h5-8,12-14,18,21-23H,4,9-11H2,1-3H3/t13?,14-,18-/m1/s1. The summed E-state index contributed by atoms with van der Waals surface area (Å²) >= 11 is 0. The summed E-state index contributed by atoms with van der Waals surface area (Å²) in [6, 6.07) is 7.02. The van der Waals surface area contributed by atoms with E-state index in [2.05, 4.69) is 40.3 Å². The van der Waals surface area contributed by atoms with Crippen LogP contribution in [0.5, 0.6) is 0 Å². The molecule has 1 unspecified atom stereocenters. The molecule has 1 amide bonds. The van der Waals surface area contributed by atoms with Gasteiger partial charge in [-0.1, -0.05) is 25.1 Å². The minimum Gasteiger partial charge on any atom is -0.384 e. The van der Waals surface area contributed by atoms with Gasteiger partial charge in [0.25, 0.3) is 0 Å². The van der Waals surface area contributed by atoms with Crippen LogP contribution in [0.2, 0.25) is 0 Å². The number of amides is 1. The third kappa shape index (κ3) is 2.75. The highest BCUT2D eigenvalue weighted by atomic mass is 16.2. The Morgan fingerprint density at radius 2 is 2.20 bits per heavy atom. The Balaban J connectivity index is 1.67. The molecule has 3 atom stereocenters. The minimum atomic E-state index is -0.116. The van der Waals surface area contributed by atoms with Gasteiger partial charge in [-0.05, 0) is 43.0 Å². The Hall–Kier alpha value is -1.85. The van der Waals surface area contributed by atoms with Crippen molar-refractivity contribution in [3.8, 4) is 0 Å². The number of nitrogens with zero attached hydrogens (tertiary/aromatic N) is 1. The van der Waals surface area contributed by atoms with E-state index in [9.17, 15) is 4.79 Å². The van der Waals surface area contributed by atoms with Gasteiger partial charge in [-0.2, -0.15) is 0 Å². The quantitative estimate of drug-likeness (QED) is 0.737. The zero-order chi connectivity index (χ0) is 17.6. The fourth-order valence-corrected chi connectivity index (χ4v) is 4.51. The van der Waals surface area contributed by atoms with E-state index in [4.69, 9.17) is 0 Å². The maximum Gasteiger partial charge on any atom is 0.245 e. The largest absolute Gasteiger partial charge is 0.384 e. The average Bonchev–Trinajstić information content (AvgIpc) is 3.03. The number of hydrogen-bond donors (Lipinski definition) is 3. The molecule has 3 N–H and O–H groups in total. The van der Waals surface area contributed by atoms with E-state index >= 15 is 0 Å². The highest BCUT2D eigenvalue weighted by Gasteiger charge is 2.39. The Labute approximate surface area is 149 Å². The smallest absolute Gasteiger partial charge is 0.245 e. The number of nitrogens with one attached hydrogen (secondary N) is 3. The first-order valence-electron chi connectivity index (χ1n) is 9.49. The van der Waals surface area contributed by atoms with E-state index in [1.165, 1.54) is 22.4 Å². The Morgan fingerprint density at radius 1 is 1.36 bits per heavy atom. The highest BCUT2D eigenvalue weighted by Crippen LogP contribution is 2.46. The third-order valence-corrected chi connectivity index (χ3v) is 5.62. The Bertz CT molecular complexity index is 712. The van der Waals surface area contributed by atoms with E-state index in [-0.39, 0.29) is 17.9 Å². The van der Waals surface area contributed by atoms with E-state index in [0.717, 1.165) is 26.1 Å². The second-order valence-electron chi connectivity index (χ2n) is 7.58. The molecule has 0 radical (unpaired) electrons. The number of benzene rings is 1. The topological polar surface area (TPSA) is 56.4 Å². The summed E-state index contributed by atoms with van der Waals surface area (Å²) in [6.07, 6.45) is 3.34. The molecule has 1 aliphatic carbocycles. The van der Waals surface area contributed by atoms with Crippen molar-refractivity contribution in [2.24, 2.45) is 5.92 Å². The molecule has 25 heavy (non-hydrogen) atoms. The van der Waals surface area contributed by atoms with Crippen molar-refractivity contribution in [1.82, 2.24) is 15.8 Å². The van der Waals surface area contributed by atoms with Gasteiger partial charge in [0.15, 0.2) is 0 Å². The molecule has 2 aliphatic heterocycles. The van der Waals surface area contributed by atoms with Crippen LogP contribution in [0.25, 0.3) is 5.57 Å². The average molecular weight is 340 g/mol. The van der Waals surface area contributed by atoms with Crippen molar-refractivity contribution in [3.05, 3.63) is 35.4 Å². The van der Waals surface area contributed by atoms with Crippen LogP contribution >= 0.6 is 0 Å². The molecule has 0 saturated carbocycles. The monoisotopic (exact) mass is 340 g/mol. The van der Waals surface area contributed by atoms with Gasteiger partial charge in [-0.15, -0.1) is 0 Å². The van der Waals surface area contributed by atoms with Crippen molar-refractivity contribution >= 4 is 17.2 Å². The molecule has 0 spiro atoms. The maximum absolute atomic E-state index is 13.0. The summed E-state index contributed by atoms with van der Waals surface area (Å²) in [6.45, 7) is 8.63.